The average Bonchev–Trinajstić information content (AvgIpc) is 3.27. The predicted molar refractivity (Wildman–Crippen MR) is 101 cm³/mol. The van der Waals surface area contributed by atoms with Gasteiger partial charge < -0.3 is 10.1 Å². The third-order valence-corrected chi connectivity index (χ3v) is 6.95. The lowest BCUT2D eigenvalue weighted by molar-refractivity contribution is -0.121. The molecule has 0 spiro atoms. The van der Waals surface area contributed by atoms with Crippen LogP contribution in [0.1, 0.15) is 44.9 Å². The van der Waals surface area contributed by atoms with E-state index in [0.717, 1.165) is 18.1 Å². The highest BCUT2D eigenvalue weighted by Gasteiger charge is 2.16. The molecule has 0 saturated carbocycles. The molecular weight excluding hydrogens is 358 g/mol. The van der Waals surface area contributed by atoms with Crippen LogP contribution >= 0.6 is 21.6 Å². The zero-order chi connectivity index (χ0) is 17.5. The molecule has 0 unspecified atom stereocenters. The van der Waals surface area contributed by atoms with E-state index >= 15 is 0 Å². The van der Waals surface area contributed by atoms with Crippen molar-refractivity contribution in [2.75, 3.05) is 12.4 Å². The number of nitrogens with zero attached hydrogens (tertiary/aromatic N) is 4. The third kappa shape index (κ3) is 5.24. The maximum absolute atomic E-state index is 12.0. The van der Waals surface area contributed by atoms with Crippen LogP contribution in [0.2, 0.25) is 0 Å². The number of unbranched alkanes of at least 4 members (excludes halogenated alkanes) is 1. The number of ether oxygens (including phenoxy) is 1. The van der Waals surface area contributed by atoms with E-state index in [-0.39, 0.29) is 5.91 Å². The topological polar surface area (TPSA) is 81.4 Å². The van der Waals surface area contributed by atoms with Crippen molar-refractivity contribution in [2.24, 2.45) is 0 Å². The van der Waals surface area contributed by atoms with Gasteiger partial charge in [-0.3, -0.25) is 4.79 Å². The molecule has 1 saturated heterocycles. The summed E-state index contributed by atoms with van der Waals surface area (Å²) >= 11 is 0. The molecule has 3 rings (SSSR count). The van der Waals surface area contributed by atoms with Gasteiger partial charge in [0.05, 0.1) is 13.2 Å². The summed E-state index contributed by atoms with van der Waals surface area (Å²) in [6.45, 7) is 2.77. The number of hydrogen-bond acceptors (Lipinski definition) is 7. The molecule has 7 nitrogen and oxygen atoms in total. The molecule has 25 heavy (non-hydrogen) atoms. The normalized spacial score (nSPS) is 17.1. The number of rotatable bonds is 9. The molecule has 3 heterocycles. The van der Waals surface area contributed by atoms with Gasteiger partial charge in [-0.15, -0.1) is 15.3 Å². The molecule has 1 fully saturated rings. The Bertz CT molecular complexity index is 703. The number of amides is 1. The molecular formula is C16H23N5O2S2. The fourth-order valence-electron chi connectivity index (χ4n) is 2.64. The van der Waals surface area contributed by atoms with Crippen molar-refractivity contribution in [1.29, 1.82) is 0 Å². The van der Waals surface area contributed by atoms with Gasteiger partial charge in [0.15, 0.2) is 11.5 Å². The van der Waals surface area contributed by atoms with E-state index in [4.69, 9.17) is 4.74 Å². The molecule has 1 aliphatic rings. The number of fused-ring (bicyclic) bond motifs is 1. The van der Waals surface area contributed by atoms with Gasteiger partial charge in [-0.25, -0.2) is 0 Å². The highest BCUT2D eigenvalue weighted by molar-refractivity contribution is 8.77. The average molecular weight is 382 g/mol. The number of hydrogen-bond donors (Lipinski definition) is 1. The maximum atomic E-state index is 12.0. The van der Waals surface area contributed by atoms with Crippen molar-refractivity contribution in [1.82, 2.24) is 25.1 Å². The summed E-state index contributed by atoms with van der Waals surface area (Å²) in [4.78, 5) is 12.0. The second-order valence-corrected chi connectivity index (χ2v) is 8.63. The first kappa shape index (κ1) is 18.3. The summed E-state index contributed by atoms with van der Waals surface area (Å²) in [7, 11) is 3.96. The second-order valence-electron chi connectivity index (χ2n) is 5.84. The van der Waals surface area contributed by atoms with Crippen molar-refractivity contribution >= 4 is 33.1 Å². The maximum Gasteiger partial charge on any atom is 0.231 e. The minimum atomic E-state index is 0.0474. The minimum Gasteiger partial charge on any atom is -0.477 e. The first-order chi connectivity index (χ1) is 12.3. The Kier molecular flexibility index (Phi) is 6.80. The molecule has 2 aromatic heterocycles. The Morgan fingerprint density at radius 3 is 3.12 bits per heavy atom. The largest absolute Gasteiger partial charge is 0.477 e. The lowest BCUT2D eigenvalue weighted by atomic mass is 10.1. The predicted octanol–water partition coefficient (Wildman–Crippen LogP) is 2.85. The van der Waals surface area contributed by atoms with E-state index in [0.29, 0.717) is 36.9 Å². The molecule has 1 aliphatic heterocycles. The molecule has 1 atom stereocenters. The lowest BCUT2D eigenvalue weighted by Crippen LogP contribution is -2.24. The number of aromatic nitrogens is 4. The summed E-state index contributed by atoms with van der Waals surface area (Å²) in [5.41, 5.74) is 0.639. The van der Waals surface area contributed by atoms with Crippen molar-refractivity contribution in [3.05, 3.63) is 18.0 Å². The first-order valence-electron chi connectivity index (χ1n) is 8.65. The highest BCUT2D eigenvalue weighted by Crippen LogP contribution is 2.39. The highest BCUT2D eigenvalue weighted by atomic mass is 33.1. The van der Waals surface area contributed by atoms with Crippen LogP contribution in [-0.4, -0.2) is 43.3 Å². The molecule has 1 amide bonds. The molecule has 0 bridgehead atoms. The molecule has 1 N–H and O–H groups in total. The fourth-order valence-corrected chi connectivity index (χ4v) is 5.67. The Balaban J connectivity index is 1.43. The van der Waals surface area contributed by atoms with E-state index in [1.807, 2.05) is 28.5 Å². The van der Waals surface area contributed by atoms with Gasteiger partial charge in [-0.05, 0) is 32.3 Å². The van der Waals surface area contributed by atoms with Crippen LogP contribution in [0.4, 0.5) is 0 Å². The summed E-state index contributed by atoms with van der Waals surface area (Å²) in [6.07, 6.45) is 5.11. The van der Waals surface area contributed by atoms with E-state index < -0.39 is 0 Å². The Morgan fingerprint density at radius 1 is 1.40 bits per heavy atom. The zero-order valence-corrected chi connectivity index (χ0v) is 15.9. The monoisotopic (exact) mass is 381 g/mol. The number of carbonyl (C=O) groups is 1. The quantitative estimate of drug-likeness (QED) is 0.528. The van der Waals surface area contributed by atoms with Crippen LogP contribution in [0.15, 0.2) is 12.1 Å². The molecule has 2 aromatic rings. The summed E-state index contributed by atoms with van der Waals surface area (Å²) in [6, 6.07) is 3.56. The number of carbonyl (C=O) groups excluding carboxylic acids is 1. The van der Waals surface area contributed by atoms with Crippen LogP contribution in [0.3, 0.4) is 0 Å². The van der Waals surface area contributed by atoms with Crippen LogP contribution in [0.25, 0.3) is 5.65 Å². The second kappa shape index (κ2) is 9.28. The SMILES string of the molecule is CCOc1ccc2nnc(CNC(=O)CCCC[C@H]3CCSS3)n2n1. The minimum absolute atomic E-state index is 0.0474. The van der Waals surface area contributed by atoms with Crippen molar-refractivity contribution in [2.45, 2.75) is 50.8 Å². The van der Waals surface area contributed by atoms with Crippen molar-refractivity contribution < 1.29 is 9.53 Å². The summed E-state index contributed by atoms with van der Waals surface area (Å²) < 4.78 is 7.00. The molecule has 136 valence electrons. The van der Waals surface area contributed by atoms with Crippen molar-refractivity contribution in [3.8, 4) is 5.88 Å². The smallest absolute Gasteiger partial charge is 0.231 e. The molecule has 0 radical (unpaired) electrons. The zero-order valence-electron chi connectivity index (χ0n) is 14.3. The van der Waals surface area contributed by atoms with Gasteiger partial charge in [-0.1, -0.05) is 28.0 Å². The van der Waals surface area contributed by atoms with Crippen LogP contribution < -0.4 is 10.1 Å². The van der Waals surface area contributed by atoms with E-state index in [1.54, 1.807) is 16.6 Å². The molecule has 9 heteroatoms. The Morgan fingerprint density at radius 2 is 2.32 bits per heavy atom. The van der Waals surface area contributed by atoms with Gasteiger partial charge >= 0.3 is 0 Å². The van der Waals surface area contributed by atoms with Gasteiger partial charge in [0.2, 0.25) is 11.8 Å². The number of nitrogens with one attached hydrogen (secondary N) is 1. The Hall–Kier alpha value is -1.48. The first-order valence-corrected chi connectivity index (χ1v) is 11.0. The van der Waals surface area contributed by atoms with Gasteiger partial charge in [-0.2, -0.15) is 4.52 Å². The van der Waals surface area contributed by atoms with E-state index in [9.17, 15) is 4.79 Å². The summed E-state index contributed by atoms with van der Waals surface area (Å²) in [5, 5.41) is 16.2. The van der Waals surface area contributed by atoms with Crippen LogP contribution in [-0.2, 0) is 11.3 Å². The summed E-state index contributed by atoms with van der Waals surface area (Å²) in [5.74, 6) is 2.43. The molecule has 0 aliphatic carbocycles. The Labute approximate surface area is 155 Å². The third-order valence-electron chi connectivity index (χ3n) is 3.95. The van der Waals surface area contributed by atoms with Crippen LogP contribution in [0, 0.1) is 0 Å². The fraction of sp³-hybridized carbons (Fsp3) is 0.625. The van der Waals surface area contributed by atoms with E-state index in [1.165, 1.54) is 18.6 Å². The standard InChI is InChI=1S/C16H23N5O2S2/c1-2-23-16-8-7-13-18-19-14(21(13)20-16)11-17-15(22)6-4-3-5-12-9-10-24-25-12/h7-8,12H,2-6,9-11H2,1H3,(H,17,22)/t12-/m0/s1. The van der Waals surface area contributed by atoms with Crippen molar-refractivity contribution in [3.63, 3.8) is 0 Å². The van der Waals surface area contributed by atoms with Gasteiger partial charge in [0.25, 0.3) is 0 Å². The molecule has 0 aromatic carbocycles. The van der Waals surface area contributed by atoms with Crippen LogP contribution in [0.5, 0.6) is 5.88 Å². The lowest BCUT2D eigenvalue weighted by Gasteiger charge is -2.07. The van der Waals surface area contributed by atoms with Gasteiger partial charge in [0.1, 0.15) is 0 Å². The van der Waals surface area contributed by atoms with Gasteiger partial charge in [0, 0.05) is 23.5 Å². The van der Waals surface area contributed by atoms with E-state index in [2.05, 4.69) is 20.6 Å².